The van der Waals surface area contributed by atoms with E-state index < -0.39 is 0 Å². The number of rotatable bonds is 4. The van der Waals surface area contributed by atoms with Crippen LogP contribution in [0.5, 0.6) is 0 Å². The van der Waals surface area contributed by atoms with Crippen molar-refractivity contribution in [3.63, 3.8) is 0 Å². The van der Waals surface area contributed by atoms with Gasteiger partial charge in [-0.1, -0.05) is 11.8 Å². The lowest BCUT2D eigenvalue weighted by Crippen LogP contribution is -2.23. The third-order valence-electron chi connectivity index (χ3n) is 1.39. The molecule has 0 saturated carbocycles. The van der Waals surface area contributed by atoms with Gasteiger partial charge in [0.2, 0.25) is 0 Å². The maximum Gasteiger partial charge on any atom is 0.185 e. The number of halogens is 1. The average Bonchev–Trinajstić information content (AvgIpc) is 2.45. The summed E-state index contributed by atoms with van der Waals surface area (Å²) in [6.07, 6.45) is 3.67. The first-order chi connectivity index (χ1) is 6.20. The van der Waals surface area contributed by atoms with Crippen molar-refractivity contribution in [3.8, 4) is 0 Å². The van der Waals surface area contributed by atoms with E-state index in [4.69, 9.17) is 11.5 Å². The van der Waals surface area contributed by atoms with Gasteiger partial charge >= 0.3 is 0 Å². The highest BCUT2D eigenvalue weighted by molar-refractivity contribution is 14.0. The fourth-order valence-corrected chi connectivity index (χ4v) is 1.57. The molecular formula is C7H14IN5S. The Hall–Kier alpha value is -0.440. The Morgan fingerprint density at radius 3 is 2.86 bits per heavy atom. The highest BCUT2D eigenvalue weighted by Gasteiger charge is 1.97. The van der Waals surface area contributed by atoms with E-state index in [2.05, 4.69) is 9.98 Å². The van der Waals surface area contributed by atoms with Crippen molar-refractivity contribution in [2.45, 2.75) is 5.16 Å². The van der Waals surface area contributed by atoms with Crippen LogP contribution in [0.2, 0.25) is 0 Å². The molecule has 14 heavy (non-hydrogen) atoms. The van der Waals surface area contributed by atoms with Gasteiger partial charge < -0.3 is 16.0 Å². The maximum atomic E-state index is 5.18. The second-order valence-corrected chi connectivity index (χ2v) is 3.54. The minimum atomic E-state index is 0. The van der Waals surface area contributed by atoms with Crippen molar-refractivity contribution in [2.24, 2.45) is 23.5 Å². The van der Waals surface area contributed by atoms with Crippen LogP contribution < -0.4 is 11.5 Å². The predicted octanol–water partition coefficient (Wildman–Crippen LogP) is 0.404. The highest BCUT2D eigenvalue weighted by atomic mass is 127. The summed E-state index contributed by atoms with van der Waals surface area (Å²) >= 11 is 1.63. The maximum absolute atomic E-state index is 5.18. The summed E-state index contributed by atoms with van der Waals surface area (Å²) in [5, 5.41) is 0.978. The van der Waals surface area contributed by atoms with Crippen LogP contribution >= 0.6 is 35.7 Å². The second kappa shape index (κ2) is 6.93. The van der Waals surface area contributed by atoms with Crippen molar-refractivity contribution in [2.75, 3.05) is 12.3 Å². The number of aromatic nitrogens is 2. The standard InChI is InChI=1S/C7H13N5S.HI/c1-12-4-2-11-7(12)13-5-3-10-6(8)9;/h2,4H,3,5H2,1H3,(H4,8,9,10);1H. The molecule has 1 rings (SSSR count). The molecule has 0 amide bonds. The van der Waals surface area contributed by atoms with E-state index in [1.54, 1.807) is 18.0 Å². The normalized spacial score (nSPS) is 9.21. The highest BCUT2D eigenvalue weighted by Crippen LogP contribution is 2.13. The summed E-state index contributed by atoms with van der Waals surface area (Å²) in [5.74, 6) is 0.975. The van der Waals surface area contributed by atoms with E-state index in [9.17, 15) is 0 Å². The first-order valence-corrected chi connectivity index (χ1v) is 4.84. The quantitative estimate of drug-likeness (QED) is 0.276. The van der Waals surface area contributed by atoms with Crippen LogP contribution in [0.25, 0.3) is 0 Å². The molecule has 0 radical (unpaired) electrons. The van der Waals surface area contributed by atoms with Gasteiger partial charge in [0.1, 0.15) is 0 Å². The van der Waals surface area contributed by atoms with Gasteiger partial charge in [0, 0.05) is 25.2 Å². The topological polar surface area (TPSA) is 82.2 Å². The molecule has 0 saturated heterocycles. The number of aryl methyl sites for hydroxylation is 1. The van der Waals surface area contributed by atoms with E-state index in [1.807, 2.05) is 17.8 Å². The average molecular weight is 327 g/mol. The summed E-state index contributed by atoms with van der Waals surface area (Å²) in [7, 11) is 1.95. The Bertz CT molecular complexity index is 294. The Kier molecular flexibility index (Phi) is 6.71. The zero-order chi connectivity index (χ0) is 9.68. The number of guanidine groups is 1. The van der Waals surface area contributed by atoms with Crippen LogP contribution in [0.1, 0.15) is 0 Å². The van der Waals surface area contributed by atoms with Crippen molar-refractivity contribution in [1.82, 2.24) is 9.55 Å². The molecule has 0 fully saturated rings. The third-order valence-corrected chi connectivity index (χ3v) is 2.43. The van der Waals surface area contributed by atoms with Gasteiger partial charge in [-0.2, -0.15) is 0 Å². The number of nitrogens with zero attached hydrogens (tertiary/aromatic N) is 3. The third kappa shape index (κ3) is 4.70. The molecule has 0 aromatic carbocycles. The zero-order valence-electron chi connectivity index (χ0n) is 7.88. The summed E-state index contributed by atoms with van der Waals surface area (Å²) in [6.45, 7) is 0.625. The molecule has 0 aliphatic carbocycles. The van der Waals surface area contributed by atoms with Gasteiger partial charge in [0.05, 0.1) is 6.54 Å². The minimum Gasteiger partial charge on any atom is -0.370 e. The molecule has 4 N–H and O–H groups in total. The SMILES string of the molecule is Cn1ccnc1SCCN=C(N)N.I. The van der Waals surface area contributed by atoms with Gasteiger partial charge in [0.25, 0.3) is 0 Å². The fourth-order valence-electron chi connectivity index (χ4n) is 0.803. The Morgan fingerprint density at radius 1 is 1.64 bits per heavy atom. The Morgan fingerprint density at radius 2 is 2.36 bits per heavy atom. The molecule has 5 nitrogen and oxygen atoms in total. The number of hydrogen-bond acceptors (Lipinski definition) is 3. The number of imidazole rings is 1. The van der Waals surface area contributed by atoms with Crippen LogP contribution in [0.4, 0.5) is 0 Å². The van der Waals surface area contributed by atoms with Crippen molar-refractivity contribution < 1.29 is 0 Å². The molecule has 0 unspecified atom stereocenters. The van der Waals surface area contributed by atoms with E-state index in [0.717, 1.165) is 10.9 Å². The monoisotopic (exact) mass is 327 g/mol. The molecule has 1 aromatic rings. The number of hydrogen-bond donors (Lipinski definition) is 2. The van der Waals surface area contributed by atoms with Crippen molar-refractivity contribution >= 4 is 41.7 Å². The van der Waals surface area contributed by atoms with E-state index in [-0.39, 0.29) is 29.9 Å². The number of aliphatic imine (C=N–C) groups is 1. The molecule has 7 heteroatoms. The van der Waals surface area contributed by atoms with Crippen LogP contribution in [0.3, 0.4) is 0 Å². The van der Waals surface area contributed by atoms with Gasteiger partial charge in [-0.05, 0) is 0 Å². The van der Waals surface area contributed by atoms with Crippen LogP contribution in [0.15, 0.2) is 22.5 Å². The predicted molar refractivity (Wildman–Crippen MR) is 70.0 cm³/mol. The van der Waals surface area contributed by atoms with Gasteiger partial charge in [-0.3, -0.25) is 4.99 Å². The molecular weight excluding hydrogens is 313 g/mol. The van der Waals surface area contributed by atoms with Crippen molar-refractivity contribution in [1.29, 1.82) is 0 Å². The fraction of sp³-hybridized carbons (Fsp3) is 0.429. The molecule has 0 atom stereocenters. The van der Waals surface area contributed by atoms with Crippen LogP contribution in [-0.4, -0.2) is 27.8 Å². The van der Waals surface area contributed by atoms with Crippen LogP contribution in [-0.2, 0) is 7.05 Å². The number of thioether (sulfide) groups is 1. The van der Waals surface area contributed by atoms with Gasteiger partial charge in [0.15, 0.2) is 11.1 Å². The van der Waals surface area contributed by atoms with Crippen LogP contribution in [0, 0.1) is 0 Å². The molecule has 0 aliphatic heterocycles. The van der Waals surface area contributed by atoms with E-state index in [0.29, 0.717) is 6.54 Å². The van der Waals surface area contributed by atoms with Gasteiger partial charge in [-0.15, -0.1) is 24.0 Å². The minimum absolute atomic E-state index is 0. The summed E-state index contributed by atoms with van der Waals surface area (Å²) in [6, 6.07) is 0. The Balaban J connectivity index is 0.00000169. The van der Waals surface area contributed by atoms with E-state index >= 15 is 0 Å². The second-order valence-electron chi connectivity index (χ2n) is 2.48. The molecule has 0 bridgehead atoms. The van der Waals surface area contributed by atoms with Gasteiger partial charge in [-0.25, -0.2) is 4.98 Å². The summed E-state index contributed by atoms with van der Waals surface area (Å²) in [4.78, 5) is 8.02. The van der Waals surface area contributed by atoms with Crippen molar-refractivity contribution in [3.05, 3.63) is 12.4 Å². The number of nitrogens with two attached hydrogens (primary N) is 2. The molecule has 1 heterocycles. The summed E-state index contributed by atoms with van der Waals surface area (Å²) < 4.78 is 1.96. The first-order valence-electron chi connectivity index (χ1n) is 3.85. The first kappa shape index (κ1) is 13.6. The lowest BCUT2D eigenvalue weighted by Gasteiger charge is -1.98. The van der Waals surface area contributed by atoms with E-state index in [1.165, 1.54) is 0 Å². The smallest absolute Gasteiger partial charge is 0.185 e. The molecule has 1 aromatic heterocycles. The molecule has 0 spiro atoms. The summed E-state index contributed by atoms with van der Waals surface area (Å²) in [5.41, 5.74) is 10.4. The Labute approximate surface area is 104 Å². The lowest BCUT2D eigenvalue weighted by molar-refractivity contribution is 0.790. The zero-order valence-corrected chi connectivity index (χ0v) is 11.0. The molecule has 80 valence electrons. The lowest BCUT2D eigenvalue weighted by atomic mass is 10.8. The molecule has 0 aliphatic rings. The largest absolute Gasteiger partial charge is 0.370 e.